The van der Waals surface area contributed by atoms with E-state index in [0.717, 1.165) is 17.5 Å². The maximum Gasteiger partial charge on any atom is 0.319 e. The number of carbonyl (C=O) groups excluding carboxylic acids is 1. The van der Waals surface area contributed by atoms with Crippen LogP contribution in [-0.4, -0.2) is 32.6 Å². The molecule has 0 bridgehead atoms. The summed E-state index contributed by atoms with van der Waals surface area (Å²) in [5, 5.41) is 8.56. The molecule has 0 aliphatic rings. The SMILES string of the molecule is CCOC(=O)C(CC)Sc1nnc(CN)n1CC. The molecule has 6 nitrogen and oxygen atoms in total. The number of hydrogen-bond acceptors (Lipinski definition) is 6. The van der Waals surface area contributed by atoms with Crippen molar-refractivity contribution in [3.8, 4) is 0 Å². The molecule has 0 aromatic carbocycles. The van der Waals surface area contributed by atoms with Crippen molar-refractivity contribution in [3.63, 3.8) is 0 Å². The fourth-order valence-electron chi connectivity index (χ4n) is 1.54. The molecule has 1 aromatic heterocycles. The summed E-state index contributed by atoms with van der Waals surface area (Å²) in [5.41, 5.74) is 5.59. The normalized spacial score (nSPS) is 12.4. The van der Waals surface area contributed by atoms with Crippen molar-refractivity contribution in [2.24, 2.45) is 5.73 Å². The lowest BCUT2D eigenvalue weighted by atomic mass is 10.3. The molecule has 102 valence electrons. The lowest BCUT2D eigenvalue weighted by Gasteiger charge is -2.13. The van der Waals surface area contributed by atoms with Crippen LogP contribution in [0.4, 0.5) is 0 Å². The predicted octanol–water partition coefficient (Wildman–Crippen LogP) is 1.19. The van der Waals surface area contributed by atoms with E-state index in [1.54, 1.807) is 6.92 Å². The highest BCUT2D eigenvalue weighted by Gasteiger charge is 2.22. The largest absolute Gasteiger partial charge is 0.465 e. The monoisotopic (exact) mass is 272 g/mol. The Hall–Kier alpha value is -1.08. The summed E-state index contributed by atoms with van der Waals surface area (Å²) in [4.78, 5) is 11.7. The summed E-state index contributed by atoms with van der Waals surface area (Å²) in [5.74, 6) is 0.531. The lowest BCUT2D eigenvalue weighted by Crippen LogP contribution is -2.20. The zero-order valence-electron chi connectivity index (χ0n) is 11.0. The van der Waals surface area contributed by atoms with Crippen LogP contribution in [0.1, 0.15) is 33.0 Å². The molecule has 0 radical (unpaired) electrons. The van der Waals surface area contributed by atoms with Crippen LogP contribution < -0.4 is 5.73 Å². The predicted molar refractivity (Wildman–Crippen MR) is 70.2 cm³/mol. The summed E-state index contributed by atoms with van der Waals surface area (Å²) >= 11 is 1.38. The Morgan fingerprint density at radius 3 is 2.67 bits per heavy atom. The van der Waals surface area contributed by atoms with E-state index in [-0.39, 0.29) is 11.2 Å². The maximum absolute atomic E-state index is 11.7. The van der Waals surface area contributed by atoms with E-state index < -0.39 is 0 Å². The molecule has 1 rings (SSSR count). The highest BCUT2D eigenvalue weighted by Crippen LogP contribution is 2.25. The van der Waals surface area contributed by atoms with Gasteiger partial charge in [0.15, 0.2) is 5.16 Å². The maximum atomic E-state index is 11.7. The van der Waals surface area contributed by atoms with Crippen LogP contribution in [0.2, 0.25) is 0 Å². The van der Waals surface area contributed by atoms with Crippen LogP contribution in [0.25, 0.3) is 0 Å². The summed E-state index contributed by atoms with van der Waals surface area (Å²) < 4.78 is 6.96. The van der Waals surface area contributed by atoms with Gasteiger partial charge in [-0.3, -0.25) is 4.79 Å². The fourth-order valence-corrected chi connectivity index (χ4v) is 2.57. The highest BCUT2D eigenvalue weighted by atomic mass is 32.2. The average Bonchev–Trinajstić information content (AvgIpc) is 2.77. The highest BCUT2D eigenvalue weighted by molar-refractivity contribution is 8.00. The molecule has 1 atom stereocenters. The molecule has 0 fully saturated rings. The van der Waals surface area contributed by atoms with E-state index in [1.165, 1.54) is 11.8 Å². The smallest absolute Gasteiger partial charge is 0.319 e. The molecule has 1 heterocycles. The minimum absolute atomic E-state index is 0.204. The van der Waals surface area contributed by atoms with Gasteiger partial charge in [-0.05, 0) is 20.3 Å². The van der Waals surface area contributed by atoms with Gasteiger partial charge in [0.2, 0.25) is 0 Å². The number of nitrogens with zero attached hydrogens (tertiary/aromatic N) is 3. The Kier molecular flexibility index (Phi) is 6.14. The number of hydrogen-bond donors (Lipinski definition) is 1. The molecular weight excluding hydrogens is 252 g/mol. The average molecular weight is 272 g/mol. The Labute approximate surface area is 111 Å². The topological polar surface area (TPSA) is 83.0 Å². The second-order valence-corrected chi connectivity index (χ2v) is 4.78. The number of esters is 1. The molecular formula is C11H20N4O2S. The van der Waals surface area contributed by atoms with E-state index in [4.69, 9.17) is 10.5 Å². The zero-order chi connectivity index (χ0) is 13.5. The van der Waals surface area contributed by atoms with E-state index in [0.29, 0.717) is 19.6 Å². The number of rotatable bonds is 7. The van der Waals surface area contributed by atoms with Crippen LogP contribution >= 0.6 is 11.8 Å². The molecule has 0 amide bonds. The molecule has 1 aromatic rings. The molecule has 0 aliphatic carbocycles. The van der Waals surface area contributed by atoms with Gasteiger partial charge >= 0.3 is 5.97 Å². The molecule has 1 unspecified atom stereocenters. The first-order valence-electron chi connectivity index (χ1n) is 6.13. The number of nitrogens with two attached hydrogens (primary N) is 1. The summed E-state index contributed by atoms with van der Waals surface area (Å²) in [6, 6.07) is 0. The summed E-state index contributed by atoms with van der Waals surface area (Å²) in [6.07, 6.45) is 0.692. The number of ether oxygens (including phenoxy) is 1. The first-order valence-corrected chi connectivity index (χ1v) is 7.01. The van der Waals surface area contributed by atoms with Crippen LogP contribution in [0.5, 0.6) is 0 Å². The van der Waals surface area contributed by atoms with Crippen molar-refractivity contribution in [3.05, 3.63) is 5.82 Å². The van der Waals surface area contributed by atoms with E-state index >= 15 is 0 Å². The Morgan fingerprint density at radius 1 is 1.44 bits per heavy atom. The number of aromatic nitrogens is 3. The van der Waals surface area contributed by atoms with E-state index in [1.807, 2.05) is 18.4 Å². The van der Waals surface area contributed by atoms with Gasteiger partial charge in [0.25, 0.3) is 0 Å². The Balaban J connectivity index is 2.81. The van der Waals surface area contributed by atoms with Gasteiger partial charge in [0, 0.05) is 6.54 Å². The van der Waals surface area contributed by atoms with Gasteiger partial charge in [-0.25, -0.2) is 0 Å². The van der Waals surface area contributed by atoms with E-state index in [2.05, 4.69) is 10.2 Å². The number of carbonyl (C=O) groups is 1. The Bertz CT molecular complexity index is 394. The van der Waals surface area contributed by atoms with Gasteiger partial charge < -0.3 is 15.0 Å². The first kappa shape index (κ1) is 15.0. The molecule has 0 saturated carbocycles. The number of thioether (sulfide) groups is 1. The van der Waals surface area contributed by atoms with Crippen molar-refractivity contribution < 1.29 is 9.53 Å². The second-order valence-electron chi connectivity index (χ2n) is 3.61. The lowest BCUT2D eigenvalue weighted by molar-refractivity contribution is -0.142. The second kappa shape index (κ2) is 7.38. The zero-order valence-corrected chi connectivity index (χ0v) is 11.9. The van der Waals surface area contributed by atoms with Gasteiger partial charge in [-0.2, -0.15) is 0 Å². The van der Waals surface area contributed by atoms with Crippen molar-refractivity contribution in [1.82, 2.24) is 14.8 Å². The van der Waals surface area contributed by atoms with Crippen LogP contribution in [0.15, 0.2) is 5.16 Å². The third-order valence-corrected chi connectivity index (χ3v) is 3.78. The van der Waals surface area contributed by atoms with Crippen molar-refractivity contribution in [2.45, 2.75) is 50.7 Å². The molecule has 0 saturated heterocycles. The summed E-state index contributed by atoms with van der Waals surface area (Å²) in [6.45, 7) is 7.22. The third kappa shape index (κ3) is 3.46. The third-order valence-electron chi connectivity index (χ3n) is 2.46. The first-order chi connectivity index (χ1) is 8.67. The minimum Gasteiger partial charge on any atom is -0.465 e. The van der Waals surface area contributed by atoms with Crippen LogP contribution in [0.3, 0.4) is 0 Å². The van der Waals surface area contributed by atoms with Crippen LogP contribution in [-0.2, 0) is 22.6 Å². The molecule has 0 spiro atoms. The molecule has 18 heavy (non-hydrogen) atoms. The van der Waals surface area contributed by atoms with Gasteiger partial charge in [-0.1, -0.05) is 18.7 Å². The van der Waals surface area contributed by atoms with Gasteiger partial charge in [-0.15, -0.1) is 10.2 Å². The molecule has 7 heteroatoms. The molecule has 0 aliphatic heterocycles. The van der Waals surface area contributed by atoms with Crippen molar-refractivity contribution >= 4 is 17.7 Å². The summed E-state index contributed by atoms with van der Waals surface area (Å²) in [7, 11) is 0. The minimum atomic E-state index is -0.245. The standard InChI is InChI=1S/C11H20N4O2S/c1-4-8(10(16)17-6-3)18-11-14-13-9(7-12)15(11)5-2/h8H,4-7,12H2,1-3H3. The van der Waals surface area contributed by atoms with E-state index in [9.17, 15) is 4.79 Å². The molecule has 2 N–H and O–H groups in total. The van der Waals surface area contributed by atoms with Crippen molar-refractivity contribution in [1.29, 1.82) is 0 Å². The Morgan fingerprint density at radius 2 is 2.17 bits per heavy atom. The quantitative estimate of drug-likeness (QED) is 0.593. The van der Waals surface area contributed by atoms with Gasteiger partial charge in [0.05, 0.1) is 13.2 Å². The van der Waals surface area contributed by atoms with Gasteiger partial charge in [0.1, 0.15) is 11.1 Å². The van der Waals surface area contributed by atoms with Crippen LogP contribution in [0, 0.1) is 0 Å². The fraction of sp³-hybridized carbons (Fsp3) is 0.727. The van der Waals surface area contributed by atoms with Crippen molar-refractivity contribution in [2.75, 3.05) is 6.61 Å².